The number of hydrogen-bond acceptors (Lipinski definition) is 7. The Hall–Kier alpha value is -4.80. The summed E-state index contributed by atoms with van der Waals surface area (Å²) in [6.07, 6.45) is 2.68. The van der Waals surface area contributed by atoms with Gasteiger partial charge in [-0.3, -0.25) is 15.8 Å². The molecule has 0 radical (unpaired) electrons. The molecule has 3 aromatic rings. The van der Waals surface area contributed by atoms with Crippen molar-refractivity contribution in [1.82, 2.24) is 5.16 Å². The summed E-state index contributed by atoms with van der Waals surface area (Å²) >= 11 is 0. The van der Waals surface area contributed by atoms with Gasteiger partial charge in [-0.1, -0.05) is 23.4 Å². The van der Waals surface area contributed by atoms with Crippen LogP contribution in [0.1, 0.15) is 16.8 Å². The predicted octanol–water partition coefficient (Wildman–Crippen LogP) is 3.61. The highest BCUT2D eigenvalue weighted by Gasteiger charge is 2.23. The van der Waals surface area contributed by atoms with E-state index in [2.05, 4.69) is 20.1 Å². The van der Waals surface area contributed by atoms with Gasteiger partial charge in [0.1, 0.15) is 23.6 Å². The first kappa shape index (κ1) is 22.4. The summed E-state index contributed by atoms with van der Waals surface area (Å²) in [5.74, 6) is -1.76. The molecule has 170 valence electrons. The van der Waals surface area contributed by atoms with E-state index in [9.17, 15) is 8.78 Å². The second-order valence-corrected chi connectivity index (χ2v) is 6.92. The molecule has 9 nitrogen and oxygen atoms in total. The molecule has 0 saturated heterocycles. The van der Waals surface area contributed by atoms with E-state index in [4.69, 9.17) is 25.8 Å². The van der Waals surface area contributed by atoms with Crippen LogP contribution in [0.25, 0.3) is 0 Å². The molecule has 0 spiro atoms. The summed E-state index contributed by atoms with van der Waals surface area (Å²) in [5, 5.41) is 19.9. The van der Waals surface area contributed by atoms with Gasteiger partial charge in [0.25, 0.3) is 5.90 Å². The van der Waals surface area contributed by atoms with Crippen molar-refractivity contribution >= 4 is 29.2 Å². The summed E-state index contributed by atoms with van der Waals surface area (Å²) in [6, 6.07) is 13.1. The number of hydrogen-bond donors (Lipinski definition) is 3. The third-order valence-electron chi connectivity index (χ3n) is 4.56. The van der Waals surface area contributed by atoms with Crippen molar-refractivity contribution in [3.05, 3.63) is 101 Å². The molecule has 1 aliphatic heterocycles. The molecular formula is C23H17F2N7O2. The molecule has 0 fully saturated rings. The lowest BCUT2D eigenvalue weighted by Gasteiger charge is -2.04. The van der Waals surface area contributed by atoms with Gasteiger partial charge >= 0.3 is 0 Å². The van der Waals surface area contributed by atoms with Gasteiger partial charge < -0.3 is 15.0 Å². The SMILES string of the molecule is N=C(N=C1OC(c2ccc(F)cc2)=NC1=N)C(N)=CC(=NCc1ccccc1F)c1ccon1. The number of allylic oxidation sites excluding steroid dienone is 1. The van der Waals surface area contributed by atoms with E-state index in [1.54, 1.807) is 18.2 Å². The number of rotatable bonds is 6. The van der Waals surface area contributed by atoms with Crippen LogP contribution in [-0.2, 0) is 11.3 Å². The normalized spacial score (nSPS) is 15.4. The highest BCUT2D eigenvalue weighted by atomic mass is 19.1. The van der Waals surface area contributed by atoms with E-state index in [1.165, 1.54) is 48.7 Å². The lowest BCUT2D eigenvalue weighted by molar-refractivity contribution is 0.418. The molecule has 0 atom stereocenters. The lowest BCUT2D eigenvalue weighted by Crippen LogP contribution is -2.17. The molecule has 4 N–H and O–H groups in total. The van der Waals surface area contributed by atoms with Crippen molar-refractivity contribution in [3.8, 4) is 0 Å². The fraction of sp³-hybridized carbons (Fsp3) is 0.0435. The maximum Gasteiger partial charge on any atom is 0.268 e. The molecule has 4 rings (SSSR count). The summed E-state index contributed by atoms with van der Waals surface area (Å²) in [5.41, 5.74) is 7.28. The van der Waals surface area contributed by atoms with Crippen molar-refractivity contribution < 1.29 is 18.0 Å². The fourth-order valence-corrected chi connectivity index (χ4v) is 2.83. The van der Waals surface area contributed by atoms with Crippen molar-refractivity contribution in [1.29, 1.82) is 10.8 Å². The van der Waals surface area contributed by atoms with Crippen LogP contribution in [0.15, 0.2) is 92.1 Å². The average Bonchev–Trinajstić information content (AvgIpc) is 3.48. The Balaban J connectivity index is 1.54. The van der Waals surface area contributed by atoms with E-state index < -0.39 is 17.5 Å². The summed E-state index contributed by atoms with van der Waals surface area (Å²) in [4.78, 5) is 12.2. The van der Waals surface area contributed by atoms with Gasteiger partial charge in [-0.15, -0.1) is 0 Å². The monoisotopic (exact) mass is 461 g/mol. The highest BCUT2D eigenvalue weighted by molar-refractivity contribution is 6.46. The average molecular weight is 461 g/mol. The Morgan fingerprint density at radius 1 is 1.09 bits per heavy atom. The zero-order valence-corrected chi connectivity index (χ0v) is 17.5. The second-order valence-electron chi connectivity index (χ2n) is 6.92. The van der Waals surface area contributed by atoms with Gasteiger partial charge in [0, 0.05) is 17.2 Å². The minimum absolute atomic E-state index is 0.00310. The van der Waals surface area contributed by atoms with Crippen LogP contribution >= 0.6 is 0 Å². The number of aliphatic imine (C=N–C) groups is 3. The first-order valence-corrected chi connectivity index (χ1v) is 9.85. The van der Waals surface area contributed by atoms with E-state index in [0.29, 0.717) is 16.8 Å². The van der Waals surface area contributed by atoms with Crippen LogP contribution in [-0.4, -0.2) is 34.3 Å². The fourth-order valence-electron chi connectivity index (χ4n) is 2.83. The third kappa shape index (κ3) is 5.15. The maximum absolute atomic E-state index is 14.0. The van der Waals surface area contributed by atoms with Crippen molar-refractivity contribution in [2.75, 3.05) is 0 Å². The lowest BCUT2D eigenvalue weighted by atomic mass is 10.2. The first-order valence-electron chi connectivity index (χ1n) is 9.85. The number of nitrogens with one attached hydrogen (secondary N) is 2. The van der Waals surface area contributed by atoms with Crippen molar-refractivity contribution in [2.24, 2.45) is 20.7 Å². The van der Waals surface area contributed by atoms with Crippen LogP contribution in [0, 0.1) is 22.5 Å². The molecular weight excluding hydrogens is 444 g/mol. The Bertz CT molecular complexity index is 1360. The predicted molar refractivity (Wildman–Crippen MR) is 122 cm³/mol. The van der Waals surface area contributed by atoms with Crippen LogP contribution in [0.5, 0.6) is 0 Å². The zero-order chi connectivity index (χ0) is 24.1. The molecule has 0 amide bonds. The molecule has 2 heterocycles. The number of nitrogens with two attached hydrogens (primary N) is 1. The van der Waals surface area contributed by atoms with Gasteiger partial charge in [0.05, 0.1) is 18.0 Å². The molecule has 0 unspecified atom stereocenters. The number of aromatic nitrogens is 1. The third-order valence-corrected chi connectivity index (χ3v) is 4.56. The smallest absolute Gasteiger partial charge is 0.268 e. The Morgan fingerprint density at radius 3 is 2.56 bits per heavy atom. The van der Waals surface area contributed by atoms with Gasteiger partial charge in [-0.25, -0.2) is 8.78 Å². The van der Waals surface area contributed by atoms with Crippen molar-refractivity contribution in [3.63, 3.8) is 0 Å². The number of benzene rings is 2. The van der Waals surface area contributed by atoms with E-state index in [-0.39, 0.29) is 35.6 Å². The van der Waals surface area contributed by atoms with Crippen LogP contribution in [0.3, 0.4) is 0 Å². The van der Waals surface area contributed by atoms with E-state index in [1.807, 2.05) is 0 Å². The van der Waals surface area contributed by atoms with Gasteiger partial charge in [-0.2, -0.15) is 9.98 Å². The van der Waals surface area contributed by atoms with Gasteiger partial charge in [0.15, 0.2) is 5.84 Å². The molecule has 0 bridgehead atoms. The van der Waals surface area contributed by atoms with Gasteiger partial charge in [-0.05, 0) is 36.4 Å². The minimum Gasteiger partial charge on any atom is -0.416 e. The zero-order valence-electron chi connectivity index (χ0n) is 17.5. The van der Waals surface area contributed by atoms with Gasteiger partial charge in [0.2, 0.25) is 11.7 Å². The minimum atomic E-state index is -0.425. The molecule has 1 aliphatic rings. The summed E-state index contributed by atoms with van der Waals surface area (Å²) in [6.45, 7) is 0.00310. The highest BCUT2D eigenvalue weighted by Crippen LogP contribution is 2.13. The number of ether oxygens (including phenoxy) is 1. The molecule has 34 heavy (non-hydrogen) atoms. The molecule has 1 aromatic heterocycles. The van der Waals surface area contributed by atoms with Crippen molar-refractivity contribution in [2.45, 2.75) is 6.54 Å². The van der Waals surface area contributed by atoms with Crippen LogP contribution in [0.4, 0.5) is 8.78 Å². The van der Waals surface area contributed by atoms with Crippen LogP contribution in [0.2, 0.25) is 0 Å². The first-order chi connectivity index (χ1) is 16.4. The van der Waals surface area contributed by atoms with Crippen LogP contribution < -0.4 is 5.73 Å². The Kier molecular flexibility index (Phi) is 6.44. The van der Waals surface area contributed by atoms with E-state index in [0.717, 1.165) is 0 Å². The number of amidine groups is 2. The Labute approximate surface area is 192 Å². The van der Waals surface area contributed by atoms with E-state index >= 15 is 0 Å². The summed E-state index contributed by atoms with van der Waals surface area (Å²) in [7, 11) is 0. The standard InChI is InChI=1S/C23H17F2N7O2/c24-15-7-5-13(6-8-15)22-31-21(28)23(34-22)30-20(27)17(26)11-19(18-9-10-33-32-18)29-12-14-3-1-2-4-16(14)25/h1-11,27-28H,12,26H2. The Morgan fingerprint density at radius 2 is 1.85 bits per heavy atom. The second kappa shape index (κ2) is 9.77. The quantitative estimate of drug-likeness (QED) is 0.380. The largest absolute Gasteiger partial charge is 0.416 e. The maximum atomic E-state index is 14.0. The molecule has 0 saturated carbocycles. The topological polar surface area (TPSA) is 146 Å². The molecule has 2 aromatic carbocycles. The number of nitrogens with zero attached hydrogens (tertiary/aromatic N) is 4. The summed E-state index contributed by atoms with van der Waals surface area (Å²) < 4.78 is 37.4. The molecule has 0 aliphatic carbocycles. The molecule has 11 heteroatoms. The number of halogens is 2.